The topological polar surface area (TPSA) is 127 Å². The molecule has 0 unspecified atom stereocenters. The minimum Gasteiger partial charge on any atom is -0.508 e. The molecular weight excluding hydrogens is 366 g/mol. The molecule has 8 nitrogen and oxygen atoms in total. The number of benzene rings is 2. The van der Waals surface area contributed by atoms with Crippen LogP contribution in [0.25, 0.3) is 12.2 Å². The normalized spacial score (nSPS) is 11.0. The number of ether oxygens (including phenoxy) is 1. The van der Waals surface area contributed by atoms with Crippen LogP contribution in [0.5, 0.6) is 17.2 Å². The second-order valence-corrected chi connectivity index (χ2v) is 5.70. The third kappa shape index (κ3) is 5.53. The Morgan fingerprint density at radius 1 is 1.00 bits per heavy atom. The molecule has 2 aromatic rings. The molecule has 2 aromatic carbocycles. The zero-order chi connectivity index (χ0) is 20.7. The van der Waals surface area contributed by atoms with Gasteiger partial charge in [-0.2, -0.15) is 0 Å². The van der Waals surface area contributed by atoms with E-state index in [2.05, 4.69) is 0 Å². The van der Waals surface area contributed by atoms with Crippen LogP contribution in [0.1, 0.15) is 17.5 Å². The highest BCUT2D eigenvalue weighted by atomic mass is 16.6. The van der Waals surface area contributed by atoms with Crippen molar-refractivity contribution in [3.63, 3.8) is 0 Å². The van der Waals surface area contributed by atoms with E-state index in [-0.39, 0.29) is 22.7 Å². The minimum atomic E-state index is -0.636. The van der Waals surface area contributed by atoms with E-state index in [0.717, 1.165) is 18.2 Å². The van der Waals surface area contributed by atoms with Crippen LogP contribution < -0.4 is 4.74 Å². The monoisotopic (exact) mass is 383 g/mol. The van der Waals surface area contributed by atoms with Crippen LogP contribution in [-0.2, 0) is 9.59 Å². The molecule has 0 bridgehead atoms. The van der Waals surface area contributed by atoms with Gasteiger partial charge in [-0.05, 0) is 48.6 Å². The van der Waals surface area contributed by atoms with Crippen molar-refractivity contribution in [2.75, 3.05) is 7.11 Å². The molecule has 0 heterocycles. The first-order valence-corrected chi connectivity index (χ1v) is 8.06. The average molecular weight is 383 g/mol. The summed E-state index contributed by atoms with van der Waals surface area (Å²) in [7, 11) is 1.42. The van der Waals surface area contributed by atoms with Crippen molar-refractivity contribution < 1.29 is 29.5 Å². The summed E-state index contributed by atoms with van der Waals surface area (Å²) < 4.78 is 5.09. The van der Waals surface area contributed by atoms with Crippen molar-refractivity contribution in [3.05, 3.63) is 69.8 Å². The number of allylic oxidation sites excluding steroid dienone is 2. The van der Waals surface area contributed by atoms with E-state index in [0.29, 0.717) is 11.3 Å². The molecule has 0 aliphatic heterocycles. The Morgan fingerprint density at radius 2 is 1.57 bits per heavy atom. The van der Waals surface area contributed by atoms with E-state index in [1.807, 2.05) is 0 Å². The molecule has 0 fully saturated rings. The molecular formula is C20H17NO7. The highest BCUT2D eigenvalue weighted by molar-refractivity contribution is 6.11. The van der Waals surface area contributed by atoms with Gasteiger partial charge in [-0.25, -0.2) is 0 Å². The van der Waals surface area contributed by atoms with Crippen LogP contribution in [0, 0.1) is 10.1 Å². The summed E-state index contributed by atoms with van der Waals surface area (Å²) in [6, 6.07) is 7.83. The predicted octanol–water partition coefficient (Wildman–Crippen LogP) is 3.27. The number of carbonyl (C=O) groups is 2. The second-order valence-electron chi connectivity index (χ2n) is 5.70. The fourth-order valence-electron chi connectivity index (χ4n) is 2.33. The van der Waals surface area contributed by atoms with Gasteiger partial charge in [-0.3, -0.25) is 19.7 Å². The van der Waals surface area contributed by atoms with Gasteiger partial charge in [0.1, 0.15) is 17.2 Å². The Labute approximate surface area is 160 Å². The van der Waals surface area contributed by atoms with Crippen molar-refractivity contribution in [2.45, 2.75) is 6.42 Å². The molecule has 2 rings (SSSR count). The van der Waals surface area contributed by atoms with Crippen LogP contribution >= 0.6 is 0 Å². The predicted molar refractivity (Wildman–Crippen MR) is 102 cm³/mol. The Kier molecular flexibility index (Phi) is 6.64. The van der Waals surface area contributed by atoms with Crippen LogP contribution in [0.2, 0.25) is 0 Å². The number of aromatic hydroxyl groups is 2. The van der Waals surface area contributed by atoms with Crippen LogP contribution in [0.4, 0.5) is 5.69 Å². The molecule has 0 radical (unpaired) electrons. The standard InChI is InChI=1S/C20H17NO7/c1-28-20-12-18(25)6-3-13(20)2-5-16(23)11-17(24)7-4-14-10-15(22)8-9-19(14)21(26)27/h2-10,12,22,25H,11H2,1H3/b5-2+,7-4+. The summed E-state index contributed by atoms with van der Waals surface area (Å²) >= 11 is 0. The van der Waals surface area contributed by atoms with Crippen molar-refractivity contribution in [2.24, 2.45) is 0 Å². The molecule has 0 aromatic heterocycles. The summed E-state index contributed by atoms with van der Waals surface area (Å²) in [5.74, 6) is -0.826. The van der Waals surface area contributed by atoms with Gasteiger partial charge in [-0.15, -0.1) is 0 Å². The van der Waals surface area contributed by atoms with E-state index >= 15 is 0 Å². The van der Waals surface area contributed by atoms with E-state index in [4.69, 9.17) is 4.74 Å². The van der Waals surface area contributed by atoms with Gasteiger partial charge in [0.15, 0.2) is 11.6 Å². The molecule has 2 N–H and O–H groups in total. The number of ketones is 2. The quantitative estimate of drug-likeness (QED) is 0.310. The van der Waals surface area contributed by atoms with Crippen molar-refractivity contribution in [1.82, 2.24) is 0 Å². The Hall–Kier alpha value is -3.94. The number of nitrogens with zero attached hydrogens (tertiary/aromatic N) is 1. The lowest BCUT2D eigenvalue weighted by molar-refractivity contribution is -0.385. The molecule has 0 amide bonds. The summed E-state index contributed by atoms with van der Waals surface area (Å²) in [6.07, 6.45) is 4.46. The third-order valence-electron chi connectivity index (χ3n) is 3.67. The number of carbonyl (C=O) groups excluding carboxylic acids is 2. The molecule has 0 aliphatic carbocycles. The minimum absolute atomic E-state index is 0.0154. The van der Waals surface area contributed by atoms with E-state index < -0.39 is 22.9 Å². The van der Waals surface area contributed by atoms with Gasteiger partial charge in [0.2, 0.25) is 0 Å². The largest absolute Gasteiger partial charge is 0.508 e. The number of phenols is 2. The molecule has 28 heavy (non-hydrogen) atoms. The first kappa shape index (κ1) is 20.4. The average Bonchev–Trinajstić information content (AvgIpc) is 2.65. The zero-order valence-corrected chi connectivity index (χ0v) is 14.9. The van der Waals surface area contributed by atoms with E-state index in [1.165, 1.54) is 43.5 Å². The number of methoxy groups -OCH3 is 1. The third-order valence-corrected chi connectivity index (χ3v) is 3.67. The van der Waals surface area contributed by atoms with Crippen molar-refractivity contribution in [3.8, 4) is 17.2 Å². The highest BCUT2D eigenvalue weighted by Crippen LogP contribution is 2.25. The maximum atomic E-state index is 12.0. The number of nitro benzene ring substituents is 1. The number of rotatable bonds is 8. The van der Waals surface area contributed by atoms with Gasteiger partial charge in [0.25, 0.3) is 5.69 Å². The molecule has 0 aliphatic rings. The van der Waals surface area contributed by atoms with Gasteiger partial charge in [0.05, 0.1) is 24.0 Å². The number of hydrogen-bond acceptors (Lipinski definition) is 7. The summed E-state index contributed by atoms with van der Waals surface area (Å²) in [6.45, 7) is 0. The van der Waals surface area contributed by atoms with Crippen molar-refractivity contribution in [1.29, 1.82) is 0 Å². The number of nitro groups is 1. The smallest absolute Gasteiger partial charge is 0.276 e. The molecule has 0 saturated carbocycles. The first-order chi connectivity index (χ1) is 13.3. The first-order valence-electron chi connectivity index (χ1n) is 8.06. The zero-order valence-electron chi connectivity index (χ0n) is 14.9. The van der Waals surface area contributed by atoms with E-state index in [1.54, 1.807) is 6.07 Å². The molecule has 0 spiro atoms. The van der Waals surface area contributed by atoms with Gasteiger partial charge in [-0.1, -0.05) is 0 Å². The van der Waals surface area contributed by atoms with Gasteiger partial charge < -0.3 is 14.9 Å². The van der Waals surface area contributed by atoms with Gasteiger partial charge >= 0.3 is 0 Å². The summed E-state index contributed by atoms with van der Waals surface area (Å²) in [5, 5.41) is 29.8. The van der Waals surface area contributed by atoms with Crippen molar-refractivity contribution >= 4 is 29.4 Å². The van der Waals surface area contributed by atoms with Crippen LogP contribution in [-0.4, -0.2) is 33.8 Å². The lowest BCUT2D eigenvalue weighted by Crippen LogP contribution is -2.02. The maximum absolute atomic E-state index is 12.0. The highest BCUT2D eigenvalue weighted by Gasteiger charge is 2.12. The molecule has 144 valence electrons. The van der Waals surface area contributed by atoms with E-state index in [9.17, 15) is 29.9 Å². The summed E-state index contributed by atoms with van der Waals surface area (Å²) in [5.41, 5.74) is 0.328. The molecule has 0 atom stereocenters. The maximum Gasteiger partial charge on any atom is 0.276 e. The lowest BCUT2D eigenvalue weighted by atomic mass is 10.1. The molecule has 8 heteroatoms. The molecule has 0 saturated heterocycles. The SMILES string of the molecule is COc1cc(O)ccc1/C=C/C(=O)CC(=O)/C=C/c1cc(O)ccc1[N+](=O)[O-]. The fourth-order valence-corrected chi connectivity index (χ4v) is 2.33. The fraction of sp³-hybridized carbons (Fsp3) is 0.100. The number of hydrogen-bond donors (Lipinski definition) is 2. The lowest BCUT2D eigenvalue weighted by Gasteiger charge is -2.04. The number of phenolic OH excluding ortho intramolecular Hbond substituents is 2. The Bertz CT molecular complexity index is 977. The van der Waals surface area contributed by atoms with Crippen LogP contribution in [0.15, 0.2) is 48.6 Å². The Balaban J connectivity index is 2.05. The summed E-state index contributed by atoms with van der Waals surface area (Å²) in [4.78, 5) is 34.2. The van der Waals surface area contributed by atoms with Crippen LogP contribution in [0.3, 0.4) is 0 Å². The second kappa shape index (κ2) is 9.13. The Morgan fingerprint density at radius 3 is 2.18 bits per heavy atom. The van der Waals surface area contributed by atoms with Gasteiger partial charge in [0, 0.05) is 17.7 Å².